The first kappa shape index (κ1) is 16.1. The number of anilines is 2. The number of pyridine rings is 1. The Bertz CT molecular complexity index is 715. The molecule has 3 rings (SSSR count). The van der Waals surface area contributed by atoms with Gasteiger partial charge in [-0.25, -0.2) is 4.98 Å². The van der Waals surface area contributed by atoms with Gasteiger partial charge in [0.2, 0.25) is 0 Å². The number of amides is 1. The van der Waals surface area contributed by atoms with Crippen molar-refractivity contribution >= 4 is 40.6 Å². The Morgan fingerprint density at radius 1 is 1.13 bits per heavy atom. The fourth-order valence-electron chi connectivity index (χ4n) is 2.65. The van der Waals surface area contributed by atoms with Crippen LogP contribution in [0.25, 0.3) is 0 Å². The monoisotopic (exact) mass is 349 g/mol. The highest BCUT2D eigenvalue weighted by Crippen LogP contribution is 2.31. The third-order valence-corrected chi connectivity index (χ3v) is 4.68. The first-order valence-electron chi connectivity index (χ1n) is 7.61. The molecular weight excluding hydrogens is 333 g/mol. The number of carbonyl (C=O) groups is 1. The van der Waals surface area contributed by atoms with Crippen LogP contribution in [0.15, 0.2) is 36.5 Å². The van der Waals surface area contributed by atoms with Crippen molar-refractivity contribution in [2.75, 3.05) is 18.4 Å². The molecule has 0 atom stereocenters. The predicted octanol–water partition coefficient (Wildman–Crippen LogP) is 4.76. The third kappa shape index (κ3) is 3.77. The molecule has 2 heterocycles. The molecule has 1 aromatic carbocycles. The Hall–Kier alpha value is -1.78. The molecule has 1 N–H and O–H groups in total. The number of carbonyl (C=O) groups excluding carboxylic acids is 1. The van der Waals surface area contributed by atoms with Crippen LogP contribution in [0.2, 0.25) is 10.0 Å². The molecule has 1 saturated heterocycles. The summed E-state index contributed by atoms with van der Waals surface area (Å²) in [5.74, 6) is 0.615. The largest absolute Gasteiger partial charge is 0.339 e. The number of halogens is 2. The number of nitrogens with zero attached hydrogens (tertiary/aromatic N) is 2. The van der Waals surface area contributed by atoms with E-state index in [2.05, 4.69) is 10.3 Å². The summed E-state index contributed by atoms with van der Waals surface area (Å²) < 4.78 is 0. The SMILES string of the molecule is O=C(c1ccnc(Nc2cccc(Cl)c2Cl)c1)N1CCCCC1. The number of nitrogens with one attached hydrogen (secondary N) is 1. The molecule has 6 heteroatoms. The van der Waals surface area contributed by atoms with Gasteiger partial charge in [0.05, 0.1) is 15.7 Å². The first-order valence-corrected chi connectivity index (χ1v) is 8.37. The average Bonchev–Trinajstić information content (AvgIpc) is 2.59. The minimum absolute atomic E-state index is 0.0485. The van der Waals surface area contributed by atoms with E-state index in [0.29, 0.717) is 27.1 Å². The van der Waals surface area contributed by atoms with Crippen LogP contribution in [0, 0.1) is 0 Å². The van der Waals surface area contributed by atoms with E-state index >= 15 is 0 Å². The summed E-state index contributed by atoms with van der Waals surface area (Å²) in [6, 6.07) is 8.82. The van der Waals surface area contributed by atoms with Gasteiger partial charge < -0.3 is 10.2 Å². The zero-order valence-corrected chi connectivity index (χ0v) is 14.1. The summed E-state index contributed by atoms with van der Waals surface area (Å²) >= 11 is 12.2. The van der Waals surface area contributed by atoms with Gasteiger partial charge in [-0.05, 0) is 43.5 Å². The van der Waals surface area contributed by atoms with Gasteiger partial charge in [0.25, 0.3) is 5.91 Å². The number of aromatic nitrogens is 1. The average molecular weight is 350 g/mol. The van der Waals surface area contributed by atoms with E-state index in [1.165, 1.54) is 6.42 Å². The van der Waals surface area contributed by atoms with Gasteiger partial charge in [0.1, 0.15) is 5.82 Å². The normalized spacial score (nSPS) is 14.6. The molecule has 1 fully saturated rings. The van der Waals surface area contributed by atoms with Crippen LogP contribution in [0.5, 0.6) is 0 Å². The highest BCUT2D eigenvalue weighted by atomic mass is 35.5. The maximum atomic E-state index is 12.5. The highest BCUT2D eigenvalue weighted by Gasteiger charge is 2.18. The highest BCUT2D eigenvalue weighted by molar-refractivity contribution is 6.43. The second kappa shape index (κ2) is 7.20. The molecule has 120 valence electrons. The molecule has 1 aliphatic heterocycles. The summed E-state index contributed by atoms with van der Waals surface area (Å²) in [5, 5.41) is 4.02. The molecule has 0 spiro atoms. The predicted molar refractivity (Wildman–Crippen MR) is 93.7 cm³/mol. The lowest BCUT2D eigenvalue weighted by Crippen LogP contribution is -2.35. The molecule has 2 aromatic rings. The molecule has 0 aliphatic carbocycles. The van der Waals surface area contributed by atoms with Crippen LogP contribution in [0.4, 0.5) is 11.5 Å². The number of benzene rings is 1. The molecule has 1 amide bonds. The Morgan fingerprint density at radius 3 is 2.70 bits per heavy atom. The van der Waals surface area contributed by atoms with Gasteiger partial charge in [-0.1, -0.05) is 29.3 Å². The van der Waals surface area contributed by atoms with Gasteiger partial charge in [-0.2, -0.15) is 0 Å². The summed E-state index contributed by atoms with van der Waals surface area (Å²) in [6.45, 7) is 1.65. The van der Waals surface area contributed by atoms with Crippen LogP contribution in [-0.2, 0) is 0 Å². The Labute approximate surface area is 145 Å². The summed E-state index contributed by atoms with van der Waals surface area (Å²) in [7, 11) is 0. The van der Waals surface area contributed by atoms with Gasteiger partial charge in [-0.15, -0.1) is 0 Å². The molecule has 1 aliphatic rings. The number of hydrogen-bond donors (Lipinski definition) is 1. The van der Waals surface area contributed by atoms with Crippen molar-refractivity contribution < 1.29 is 4.79 Å². The number of piperidine rings is 1. The second-order valence-electron chi connectivity index (χ2n) is 5.51. The zero-order valence-electron chi connectivity index (χ0n) is 12.6. The quantitative estimate of drug-likeness (QED) is 0.868. The second-order valence-corrected chi connectivity index (χ2v) is 6.29. The maximum absolute atomic E-state index is 12.5. The van der Waals surface area contributed by atoms with E-state index in [0.717, 1.165) is 25.9 Å². The lowest BCUT2D eigenvalue weighted by Gasteiger charge is -2.26. The summed E-state index contributed by atoms with van der Waals surface area (Å²) in [6.07, 6.45) is 4.96. The van der Waals surface area contributed by atoms with Crippen molar-refractivity contribution in [3.63, 3.8) is 0 Å². The summed E-state index contributed by atoms with van der Waals surface area (Å²) in [4.78, 5) is 18.7. The van der Waals surface area contributed by atoms with E-state index in [4.69, 9.17) is 23.2 Å². The van der Waals surface area contributed by atoms with Gasteiger partial charge in [0.15, 0.2) is 0 Å². The van der Waals surface area contributed by atoms with E-state index < -0.39 is 0 Å². The van der Waals surface area contributed by atoms with E-state index in [1.54, 1.807) is 30.5 Å². The standard InChI is InChI=1S/C17H17Cl2N3O/c18-13-5-4-6-14(16(13)19)21-15-11-12(7-8-20-15)17(23)22-9-2-1-3-10-22/h4-8,11H,1-3,9-10H2,(H,20,21). The number of hydrogen-bond acceptors (Lipinski definition) is 3. The molecular formula is C17H17Cl2N3O. The minimum Gasteiger partial charge on any atom is -0.339 e. The number of likely N-dealkylation sites (tertiary alicyclic amines) is 1. The molecule has 0 unspecified atom stereocenters. The van der Waals surface area contributed by atoms with Gasteiger partial charge in [0, 0.05) is 24.8 Å². The van der Waals surface area contributed by atoms with Gasteiger partial charge in [-0.3, -0.25) is 4.79 Å². The lowest BCUT2D eigenvalue weighted by molar-refractivity contribution is 0.0724. The number of rotatable bonds is 3. The van der Waals surface area contributed by atoms with Crippen LogP contribution in [0.3, 0.4) is 0 Å². The van der Waals surface area contributed by atoms with E-state index in [1.807, 2.05) is 11.0 Å². The fraction of sp³-hybridized carbons (Fsp3) is 0.294. The van der Waals surface area contributed by atoms with Crippen LogP contribution in [-0.4, -0.2) is 28.9 Å². The molecule has 1 aromatic heterocycles. The first-order chi connectivity index (χ1) is 11.1. The van der Waals surface area contributed by atoms with Crippen molar-refractivity contribution in [1.82, 2.24) is 9.88 Å². The smallest absolute Gasteiger partial charge is 0.254 e. The zero-order chi connectivity index (χ0) is 16.2. The van der Waals surface area contributed by atoms with Crippen molar-refractivity contribution in [1.29, 1.82) is 0 Å². The Morgan fingerprint density at radius 2 is 1.91 bits per heavy atom. The van der Waals surface area contributed by atoms with Crippen molar-refractivity contribution in [2.24, 2.45) is 0 Å². The van der Waals surface area contributed by atoms with Gasteiger partial charge >= 0.3 is 0 Å². The summed E-state index contributed by atoms with van der Waals surface area (Å²) in [5.41, 5.74) is 1.29. The molecule has 0 radical (unpaired) electrons. The molecule has 0 bridgehead atoms. The van der Waals surface area contributed by atoms with Crippen LogP contribution < -0.4 is 5.32 Å². The van der Waals surface area contributed by atoms with Crippen LogP contribution in [0.1, 0.15) is 29.6 Å². The topological polar surface area (TPSA) is 45.2 Å². The molecule has 23 heavy (non-hydrogen) atoms. The van der Waals surface area contributed by atoms with Crippen molar-refractivity contribution in [3.8, 4) is 0 Å². The Balaban J connectivity index is 1.79. The minimum atomic E-state index is 0.0485. The van der Waals surface area contributed by atoms with E-state index in [9.17, 15) is 4.79 Å². The van der Waals surface area contributed by atoms with E-state index in [-0.39, 0.29) is 5.91 Å². The van der Waals surface area contributed by atoms with Crippen LogP contribution >= 0.6 is 23.2 Å². The Kier molecular flexibility index (Phi) is 5.03. The maximum Gasteiger partial charge on any atom is 0.254 e. The third-order valence-electron chi connectivity index (χ3n) is 3.86. The van der Waals surface area contributed by atoms with Crippen molar-refractivity contribution in [2.45, 2.75) is 19.3 Å². The fourth-order valence-corrected chi connectivity index (χ4v) is 3.00. The lowest BCUT2D eigenvalue weighted by atomic mass is 10.1. The van der Waals surface area contributed by atoms with Crippen molar-refractivity contribution in [3.05, 3.63) is 52.1 Å². The molecule has 0 saturated carbocycles. The molecule has 4 nitrogen and oxygen atoms in total.